The first-order valence-corrected chi connectivity index (χ1v) is 5.47. The summed E-state index contributed by atoms with van der Waals surface area (Å²) in [4.78, 5) is 16.0. The minimum atomic E-state index is -0.0470. The highest BCUT2D eigenvalue weighted by Crippen LogP contribution is 2.22. The van der Waals surface area contributed by atoms with Gasteiger partial charge in [0, 0.05) is 33.7 Å². The molecule has 0 bridgehead atoms. The first kappa shape index (κ1) is 10.8. The second-order valence-corrected chi connectivity index (χ2v) is 4.16. The molecule has 0 aliphatic heterocycles. The number of carbonyl (C=O) groups is 1. The fourth-order valence-electron chi connectivity index (χ4n) is 1.37. The standard InChI is InChI=1S/C12H9BrN2O/c13-11-7-9(14)1-2-10(11)12(16)8-3-5-15-6-4-8/h1-7H,14H2. The zero-order chi connectivity index (χ0) is 11.5. The van der Waals surface area contributed by atoms with Crippen molar-refractivity contribution < 1.29 is 4.79 Å². The summed E-state index contributed by atoms with van der Waals surface area (Å²) >= 11 is 3.33. The average Bonchev–Trinajstić information content (AvgIpc) is 2.29. The van der Waals surface area contributed by atoms with Gasteiger partial charge in [-0.25, -0.2) is 0 Å². The van der Waals surface area contributed by atoms with Crippen LogP contribution in [0.3, 0.4) is 0 Å². The van der Waals surface area contributed by atoms with Gasteiger partial charge in [0.15, 0.2) is 5.78 Å². The van der Waals surface area contributed by atoms with Crippen LogP contribution in [0.2, 0.25) is 0 Å². The Labute approximate surface area is 101 Å². The average molecular weight is 277 g/mol. The number of nitrogens with two attached hydrogens (primary N) is 1. The van der Waals surface area contributed by atoms with Crippen molar-refractivity contribution in [3.8, 4) is 0 Å². The quantitative estimate of drug-likeness (QED) is 0.678. The maximum atomic E-state index is 12.1. The molecule has 0 saturated carbocycles. The van der Waals surface area contributed by atoms with E-state index in [4.69, 9.17) is 5.73 Å². The third kappa shape index (κ3) is 2.12. The number of nitrogen functional groups attached to an aromatic ring is 1. The van der Waals surface area contributed by atoms with Crippen LogP contribution in [0.15, 0.2) is 47.2 Å². The second-order valence-electron chi connectivity index (χ2n) is 3.30. The summed E-state index contributed by atoms with van der Waals surface area (Å²) < 4.78 is 0.703. The first-order chi connectivity index (χ1) is 7.68. The lowest BCUT2D eigenvalue weighted by atomic mass is 10.0. The number of benzene rings is 1. The van der Waals surface area contributed by atoms with Crippen molar-refractivity contribution in [1.29, 1.82) is 0 Å². The van der Waals surface area contributed by atoms with E-state index in [0.717, 1.165) is 0 Å². The molecule has 1 aromatic carbocycles. The summed E-state index contributed by atoms with van der Waals surface area (Å²) in [6.45, 7) is 0. The Morgan fingerprint density at radius 1 is 1.19 bits per heavy atom. The van der Waals surface area contributed by atoms with E-state index in [0.29, 0.717) is 21.3 Å². The molecule has 0 radical (unpaired) electrons. The van der Waals surface area contributed by atoms with Gasteiger partial charge in [-0.2, -0.15) is 0 Å². The van der Waals surface area contributed by atoms with Gasteiger partial charge in [-0.05, 0) is 46.3 Å². The van der Waals surface area contributed by atoms with E-state index in [-0.39, 0.29) is 5.78 Å². The van der Waals surface area contributed by atoms with Crippen molar-refractivity contribution >= 4 is 27.4 Å². The number of rotatable bonds is 2. The summed E-state index contributed by atoms with van der Waals surface area (Å²) in [7, 11) is 0. The van der Waals surface area contributed by atoms with Crippen LogP contribution in [0, 0.1) is 0 Å². The molecule has 1 aromatic heterocycles. The highest BCUT2D eigenvalue weighted by atomic mass is 79.9. The van der Waals surface area contributed by atoms with Gasteiger partial charge in [0.05, 0.1) is 0 Å². The molecule has 3 nitrogen and oxygen atoms in total. The lowest BCUT2D eigenvalue weighted by molar-refractivity contribution is 0.103. The lowest BCUT2D eigenvalue weighted by Crippen LogP contribution is -2.02. The molecule has 0 fully saturated rings. The third-order valence-corrected chi connectivity index (χ3v) is 2.84. The van der Waals surface area contributed by atoms with E-state index >= 15 is 0 Å². The number of hydrogen-bond acceptors (Lipinski definition) is 3. The fourth-order valence-corrected chi connectivity index (χ4v) is 1.95. The smallest absolute Gasteiger partial charge is 0.194 e. The van der Waals surface area contributed by atoms with Crippen molar-refractivity contribution in [2.75, 3.05) is 5.73 Å². The molecule has 2 rings (SSSR count). The molecule has 0 spiro atoms. The molecule has 0 atom stereocenters. The molecule has 4 heteroatoms. The van der Waals surface area contributed by atoms with Crippen LogP contribution in [0.25, 0.3) is 0 Å². The van der Waals surface area contributed by atoms with E-state index < -0.39 is 0 Å². The predicted octanol–water partition coefficient (Wildman–Crippen LogP) is 2.66. The lowest BCUT2D eigenvalue weighted by Gasteiger charge is -2.04. The van der Waals surface area contributed by atoms with Gasteiger partial charge in [0.1, 0.15) is 0 Å². The minimum Gasteiger partial charge on any atom is -0.399 e. The van der Waals surface area contributed by atoms with Gasteiger partial charge in [-0.15, -0.1) is 0 Å². The largest absolute Gasteiger partial charge is 0.399 e. The molecule has 80 valence electrons. The monoisotopic (exact) mass is 276 g/mol. The van der Waals surface area contributed by atoms with Crippen molar-refractivity contribution in [3.63, 3.8) is 0 Å². The van der Waals surface area contributed by atoms with E-state index in [2.05, 4.69) is 20.9 Å². The molecule has 2 aromatic rings. The zero-order valence-electron chi connectivity index (χ0n) is 8.35. The van der Waals surface area contributed by atoms with Crippen LogP contribution >= 0.6 is 15.9 Å². The highest BCUT2D eigenvalue weighted by Gasteiger charge is 2.11. The van der Waals surface area contributed by atoms with Gasteiger partial charge in [0.25, 0.3) is 0 Å². The Bertz CT molecular complexity index is 526. The van der Waals surface area contributed by atoms with Crippen molar-refractivity contribution in [2.24, 2.45) is 0 Å². The molecule has 16 heavy (non-hydrogen) atoms. The summed E-state index contributed by atoms with van der Waals surface area (Å²) in [5.74, 6) is -0.0470. The summed E-state index contributed by atoms with van der Waals surface area (Å²) in [5.41, 5.74) is 7.45. The van der Waals surface area contributed by atoms with E-state index in [9.17, 15) is 4.79 Å². The number of aromatic nitrogens is 1. The fraction of sp³-hybridized carbons (Fsp3) is 0. The van der Waals surface area contributed by atoms with Gasteiger partial charge >= 0.3 is 0 Å². The van der Waals surface area contributed by atoms with Gasteiger partial charge in [-0.3, -0.25) is 9.78 Å². The Hall–Kier alpha value is -1.68. The minimum absolute atomic E-state index is 0.0470. The summed E-state index contributed by atoms with van der Waals surface area (Å²) in [6, 6.07) is 8.51. The van der Waals surface area contributed by atoms with Gasteiger partial charge < -0.3 is 5.73 Å². The number of ketones is 1. The maximum absolute atomic E-state index is 12.1. The van der Waals surface area contributed by atoms with Gasteiger partial charge in [-0.1, -0.05) is 0 Å². The number of anilines is 1. The number of nitrogens with zero attached hydrogens (tertiary/aromatic N) is 1. The molecule has 0 aliphatic rings. The predicted molar refractivity (Wildman–Crippen MR) is 66.2 cm³/mol. The van der Waals surface area contributed by atoms with Crippen LogP contribution in [-0.2, 0) is 0 Å². The number of halogens is 1. The van der Waals surface area contributed by atoms with Crippen LogP contribution < -0.4 is 5.73 Å². The molecule has 0 unspecified atom stereocenters. The Kier molecular flexibility index (Phi) is 3.01. The number of hydrogen-bond donors (Lipinski definition) is 1. The Morgan fingerprint density at radius 3 is 2.50 bits per heavy atom. The molecule has 1 heterocycles. The van der Waals surface area contributed by atoms with Crippen molar-refractivity contribution in [1.82, 2.24) is 4.98 Å². The van der Waals surface area contributed by atoms with Crippen molar-refractivity contribution in [2.45, 2.75) is 0 Å². The zero-order valence-corrected chi connectivity index (χ0v) is 9.94. The van der Waals surface area contributed by atoms with E-state index in [1.807, 2.05) is 0 Å². The number of pyridine rings is 1. The SMILES string of the molecule is Nc1ccc(C(=O)c2ccncc2)c(Br)c1. The molecule has 0 amide bonds. The second kappa shape index (κ2) is 4.45. The van der Waals surface area contributed by atoms with Crippen LogP contribution in [-0.4, -0.2) is 10.8 Å². The molecular weight excluding hydrogens is 268 g/mol. The van der Waals surface area contributed by atoms with Crippen LogP contribution in [0.4, 0.5) is 5.69 Å². The molecule has 2 N–H and O–H groups in total. The summed E-state index contributed by atoms with van der Waals surface area (Å²) in [6.07, 6.45) is 3.19. The number of carbonyl (C=O) groups excluding carboxylic acids is 1. The molecule has 0 saturated heterocycles. The normalized spacial score (nSPS) is 10.1. The Morgan fingerprint density at radius 2 is 1.88 bits per heavy atom. The summed E-state index contributed by atoms with van der Waals surface area (Å²) in [5, 5.41) is 0. The van der Waals surface area contributed by atoms with Crippen LogP contribution in [0.5, 0.6) is 0 Å². The van der Waals surface area contributed by atoms with Gasteiger partial charge in [0.2, 0.25) is 0 Å². The van der Waals surface area contributed by atoms with Crippen molar-refractivity contribution in [3.05, 3.63) is 58.3 Å². The van der Waals surface area contributed by atoms with Crippen LogP contribution in [0.1, 0.15) is 15.9 Å². The van der Waals surface area contributed by atoms with E-state index in [1.165, 1.54) is 0 Å². The highest BCUT2D eigenvalue weighted by molar-refractivity contribution is 9.10. The maximum Gasteiger partial charge on any atom is 0.194 e. The first-order valence-electron chi connectivity index (χ1n) is 4.68. The third-order valence-electron chi connectivity index (χ3n) is 2.18. The van der Waals surface area contributed by atoms with E-state index in [1.54, 1.807) is 42.7 Å². The topological polar surface area (TPSA) is 56.0 Å². The molecular formula is C12H9BrN2O. The molecule has 0 aliphatic carbocycles. The Balaban J connectivity index is 2.42.